The second-order valence-corrected chi connectivity index (χ2v) is 1.63. The molecule has 0 amide bonds. The van der Waals surface area contributed by atoms with Gasteiger partial charge in [-0.2, -0.15) is 8.42 Å². The topological polar surface area (TPSA) is 144 Å². The molecule has 0 aromatic heterocycles. The van der Waals surface area contributed by atoms with Gasteiger partial charge < -0.3 is 15.1 Å². The molecule has 0 bridgehead atoms. The first kappa shape index (κ1) is 29.4. The summed E-state index contributed by atoms with van der Waals surface area (Å²) >= 11 is 0. The maximum atomic E-state index is 8.74. The Hall–Kier alpha value is 2.81. The molecule has 0 spiro atoms. The molecule has 0 aromatic rings. The van der Waals surface area contributed by atoms with E-state index in [-0.39, 0.29) is 88.7 Å². The summed E-state index contributed by atoms with van der Waals surface area (Å²) in [5, 5.41) is 25.2. The van der Waals surface area contributed by atoms with E-state index >= 15 is 0 Å². The average molecular weight is 226 g/mol. The van der Waals surface area contributed by atoms with Gasteiger partial charge in [0.2, 0.25) is 0 Å². The summed E-state index contributed by atoms with van der Waals surface area (Å²) in [7, 11) is -7.58. The van der Waals surface area contributed by atoms with Crippen molar-refractivity contribution in [1.82, 2.24) is 0 Å². The number of hydrogen-bond acceptors (Lipinski definition) is 5. The van der Waals surface area contributed by atoms with E-state index in [9.17, 15) is 0 Å². The molecular formula is H2BNa3O7S. The third kappa shape index (κ3) is 226. The van der Waals surface area contributed by atoms with Crippen LogP contribution in [0.3, 0.4) is 0 Å². The largest absolute Gasteiger partial charge is 1.00 e. The third-order valence-electron chi connectivity index (χ3n) is 0. The molecule has 0 rings (SSSR count). The normalized spacial score (nSPS) is 7.08. The molecule has 0 aliphatic rings. The van der Waals surface area contributed by atoms with E-state index in [0.717, 1.165) is 0 Å². The zero-order valence-electron chi connectivity index (χ0n) is 6.92. The third-order valence-corrected chi connectivity index (χ3v) is 0. The molecule has 0 unspecified atom stereocenters. The van der Waals surface area contributed by atoms with E-state index in [0.29, 0.717) is 0 Å². The molecule has 0 fully saturated rings. The maximum Gasteiger partial charge on any atom is 1.00 e. The van der Waals surface area contributed by atoms with Crippen LogP contribution in [0, 0.1) is 0 Å². The number of hydrogen-bond donors (Lipinski definition) is 2. The SMILES string of the molecule is O=S(=O)(O)O.[Na+].[Na+].[Na+].[O-]B([O-])[O-]. The van der Waals surface area contributed by atoms with Gasteiger partial charge in [-0.3, -0.25) is 16.4 Å². The van der Waals surface area contributed by atoms with Crippen molar-refractivity contribution < 1.29 is 121 Å². The molecule has 12 heteroatoms. The van der Waals surface area contributed by atoms with Crippen molar-refractivity contribution in [3.8, 4) is 0 Å². The van der Waals surface area contributed by atoms with E-state index in [1.807, 2.05) is 0 Å². The first-order valence-corrected chi connectivity index (χ1v) is 2.80. The van der Waals surface area contributed by atoms with Crippen LogP contribution in [0.1, 0.15) is 0 Å². The minimum absolute atomic E-state index is 0. The Balaban J connectivity index is -0.0000000221. The Bertz CT molecular complexity index is 130. The van der Waals surface area contributed by atoms with Crippen LogP contribution in [0.4, 0.5) is 0 Å². The molecular weight excluding hydrogens is 224 g/mol. The zero-order chi connectivity index (χ0) is 8.08. The first-order chi connectivity index (χ1) is 3.73. The fraction of sp³-hybridized carbons (Fsp3) is 0. The van der Waals surface area contributed by atoms with Crippen molar-refractivity contribution in [3.63, 3.8) is 0 Å². The Morgan fingerprint density at radius 1 is 0.917 bits per heavy atom. The molecule has 12 heavy (non-hydrogen) atoms. The fourth-order valence-electron chi connectivity index (χ4n) is 0. The van der Waals surface area contributed by atoms with Crippen LogP contribution >= 0.6 is 0 Å². The predicted octanol–water partition coefficient (Wildman–Crippen LogP) is -13.6. The average Bonchev–Trinajstić information content (AvgIpc) is 1.19. The van der Waals surface area contributed by atoms with Crippen LogP contribution in [0.2, 0.25) is 0 Å². The van der Waals surface area contributed by atoms with E-state index in [4.69, 9.17) is 32.6 Å². The summed E-state index contributed by atoms with van der Waals surface area (Å²) in [5.74, 6) is 0. The number of rotatable bonds is 0. The van der Waals surface area contributed by atoms with Gasteiger partial charge in [0.05, 0.1) is 0 Å². The smallest absolute Gasteiger partial charge is 0.907 e. The van der Waals surface area contributed by atoms with E-state index in [2.05, 4.69) is 0 Å². The molecule has 0 atom stereocenters. The van der Waals surface area contributed by atoms with Gasteiger partial charge >= 0.3 is 99.1 Å². The summed E-state index contributed by atoms with van der Waals surface area (Å²) in [4.78, 5) is 0. The molecule has 0 radical (unpaired) electrons. The van der Waals surface area contributed by atoms with Crippen molar-refractivity contribution in [1.29, 1.82) is 0 Å². The van der Waals surface area contributed by atoms with Gasteiger partial charge in [0.1, 0.15) is 0 Å². The van der Waals surface area contributed by atoms with E-state index < -0.39 is 17.7 Å². The van der Waals surface area contributed by atoms with Gasteiger partial charge in [-0.1, -0.05) is 0 Å². The van der Waals surface area contributed by atoms with Crippen LogP contribution in [-0.2, 0) is 10.4 Å². The molecule has 0 saturated carbocycles. The molecule has 2 N–H and O–H groups in total. The Labute approximate surface area is 137 Å². The molecule has 0 aliphatic carbocycles. The van der Waals surface area contributed by atoms with Crippen LogP contribution < -0.4 is 104 Å². The summed E-state index contributed by atoms with van der Waals surface area (Å²) in [5.41, 5.74) is 0. The standard InChI is InChI=1S/BO3.3Na.H2O4S/c2-1(3)4;;;;1-5(2,3)4/h;;;;(H2,1,2,3,4)/q-3;3*+1;. The zero-order valence-corrected chi connectivity index (χ0v) is 13.7. The second-order valence-electron chi connectivity index (χ2n) is 0.737. The predicted molar refractivity (Wildman–Crippen MR) is 19.9 cm³/mol. The molecule has 0 saturated heterocycles. The van der Waals surface area contributed by atoms with Gasteiger partial charge in [0, 0.05) is 0 Å². The Morgan fingerprint density at radius 3 is 0.917 bits per heavy atom. The quantitative estimate of drug-likeness (QED) is 0.308. The Morgan fingerprint density at radius 2 is 0.917 bits per heavy atom. The van der Waals surface area contributed by atoms with E-state index in [1.54, 1.807) is 0 Å². The molecule has 56 valence electrons. The minimum atomic E-state index is -4.67. The molecule has 7 nitrogen and oxygen atoms in total. The Kier molecular flexibility index (Phi) is 39.8. The van der Waals surface area contributed by atoms with Crippen LogP contribution in [0.25, 0.3) is 0 Å². The monoisotopic (exact) mass is 226 g/mol. The summed E-state index contributed by atoms with van der Waals surface area (Å²) < 4.78 is 31.6. The van der Waals surface area contributed by atoms with Crippen molar-refractivity contribution in [2.75, 3.05) is 0 Å². The van der Waals surface area contributed by atoms with Gasteiger partial charge in [-0.15, -0.1) is 0 Å². The molecule has 0 aliphatic heterocycles. The van der Waals surface area contributed by atoms with Crippen LogP contribution in [0.15, 0.2) is 0 Å². The first-order valence-electron chi connectivity index (χ1n) is 1.41. The second kappa shape index (κ2) is 16.3. The van der Waals surface area contributed by atoms with Crippen molar-refractivity contribution in [2.45, 2.75) is 0 Å². The van der Waals surface area contributed by atoms with Gasteiger partial charge in [0.15, 0.2) is 0 Å². The van der Waals surface area contributed by atoms with E-state index in [1.165, 1.54) is 0 Å². The molecule has 0 aromatic carbocycles. The summed E-state index contributed by atoms with van der Waals surface area (Å²) in [6.45, 7) is 0. The van der Waals surface area contributed by atoms with Crippen molar-refractivity contribution in [2.24, 2.45) is 0 Å². The summed E-state index contributed by atoms with van der Waals surface area (Å²) in [6, 6.07) is 0. The van der Waals surface area contributed by atoms with Gasteiger partial charge in [-0.05, 0) is 0 Å². The van der Waals surface area contributed by atoms with Gasteiger partial charge in [-0.25, -0.2) is 0 Å². The van der Waals surface area contributed by atoms with Crippen LogP contribution in [-0.4, -0.2) is 24.8 Å². The fourth-order valence-corrected chi connectivity index (χ4v) is 0. The van der Waals surface area contributed by atoms with Gasteiger partial charge in [0.25, 0.3) is 0 Å². The van der Waals surface area contributed by atoms with Crippen molar-refractivity contribution >= 4 is 17.7 Å². The minimum Gasteiger partial charge on any atom is -0.907 e. The van der Waals surface area contributed by atoms with Crippen molar-refractivity contribution in [3.05, 3.63) is 0 Å². The van der Waals surface area contributed by atoms with Crippen LogP contribution in [0.5, 0.6) is 0 Å². The molecule has 0 heterocycles. The maximum absolute atomic E-state index is 8.74. The summed E-state index contributed by atoms with van der Waals surface area (Å²) in [6.07, 6.45) is 0.